The number of hydrogen-bond acceptors (Lipinski definition) is 4. The molecule has 0 bridgehead atoms. The van der Waals surface area contributed by atoms with Crippen molar-refractivity contribution in [2.45, 2.75) is 39.2 Å². The molecule has 0 aromatic carbocycles. The van der Waals surface area contributed by atoms with E-state index in [4.69, 9.17) is 0 Å². The van der Waals surface area contributed by atoms with Crippen LogP contribution in [0.1, 0.15) is 42.2 Å². The highest BCUT2D eigenvalue weighted by atomic mass is 32.1. The smallest absolute Gasteiger partial charge is 0.178 e. The molecule has 1 aliphatic rings. The summed E-state index contributed by atoms with van der Waals surface area (Å²) in [4.78, 5) is 18.0. The van der Waals surface area contributed by atoms with E-state index in [0.29, 0.717) is 11.7 Å². The summed E-state index contributed by atoms with van der Waals surface area (Å²) in [5.41, 5.74) is 0.626. The topological polar surface area (TPSA) is 33.2 Å². The molecule has 1 aromatic heterocycles. The molecule has 0 aliphatic carbocycles. The Morgan fingerprint density at radius 1 is 1.69 bits per heavy atom. The van der Waals surface area contributed by atoms with Gasteiger partial charge in [0, 0.05) is 24.8 Å². The van der Waals surface area contributed by atoms with E-state index >= 15 is 0 Å². The van der Waals surface area contributed by atoms with Crippen molar-refractivity contribution < 1.29 is 4.79 Å². The number of aromatic nitrogens is 1. The Hall–Kier alpha value is -0.740. The van der Waals surface area contributed by atoms with Gasteiger partial charge in [-0.1, -0.05) is 6.92 Å². The summed E-state index contributed by atoms with van der Waals surface area (Å²) >= 11 is 1.62. The second-order valence-corrected chi connectivity index (χ2v) is 5.25. The number of carbonyl (C=O) groups excluding carboxylic acids is 1. The fourth-order valence-electron chi connectivity index (χ4n) is 2.31. The third kappa shape index (κ3) is 2.50. The van der Waals surface area contributed by atoms with Crippen molar-refractivity contribution >= 4 is 17.1 Å². The summed E-state index contributed by atoms with van der Waals surface area (Å²) in [5, 5.41) is 2.98. The summed E-state index contributed by atoms with van der Waals surface area (Å²) < 4.78 is 0. The van der Waals surface area contributed by atoms with Gasteiger partial charge in [-0.3, -0.25) is 4.79 Å². The average molecular weight is 238 g/mol. The Balaban J connectivity index is 2.00. The third-order valence-corrected chi connectivity index (χ3v) is 4.10. The van der Waals surface area contributed by atoms with E-state index in [1.807, 2.05) is 5.38 Å². The molecule has 1 aromatic rings. The number of rotatable bonds is 4. The Labute approximate surface area is 100 Å². The maximum Gasteiger partial charge on any atom is 0.178 e. The summed E-state index contributed by atoms with van der Waals surface area (Å²) in [5.74, 6) is 0.0706. The third-order valence-electron chi connectivity index (χ3n) is 3.23. The Kier molecular flexibility index (Phi) is 3.71. The molecule has 1 atom stereocenters. The van der Waals surface area contributed by atoms with Gasteiger partial charge >= 0.3 is 0 Å². The van der Waals surface area contributed by atoms with Crippen LogP contribution >= 0.6 is 11.3 Å². The van der Waals surface area contributed by atoms with Crippen molar-refractivity contribution in [3.05, 3.63) is 16.1 Å². The van der Waals surface area contributed by atoms with Gasteiger partial charge in [0.05, 0.1) is 5.01 Å². The lowest BCUT2D eigenvalue weighted by Gasteiger charge is -2.21. The van der Waals surface area contributed by atoms with Crippen LogP contribution in [0.5, 0.6) is 0 Å². The monoisotopic (exact) mass is 238 g/mol. The first-order chi connectivity index (χ1) is 7.70. The highest BCUT2D eigenvalue weighted by molar-refractivity contribution is 7.09. The van der Waals surface area contributed by atoms with Crippen LogP contribution in [0, 0.1) is 0 Å². The summed E-state index contributed by atoms with van der Waals surface area (Å²) in [6.45, 7) is 6.12. The van der Waals surface area contributed by atoms with Crippen molar-refractivity contribution in [2.75, 3.05) is 13.1 Å². The fourth-order valence-corrected chi connectivity index (χ4v) is 3.22. The van der Waals surface area contributed by atoms with Gasteiger partial charge in [-0.2, -0.15) is 0 Å². The molecule has 2 heterocycles. The first-order valence-electron chi connectivity index (χ1n) is 5.90. The van der Waals surface area contributed by atoms with E-state index in [-0.39, 0.29) is 5.78 Å². The van der Waals surface area contributed by atoms with Crippen LogP contribution < -0.4 is 0 Å². The fraction of sp³-hybridized carbons (Fsp3) is 0.667. The highest BCUT2D eigenvalue weighted by Gasteiger charge is 2.24. The van der Waals surface area contributed by atoms with Crippen molar-refractivity contribution in [1.29, 1.82) is 0 Å². The largest absolute Gasteiger partial charge is 0.300 e. The van der Waals surface area contributed by atoms with Crippen LogP contribution in [-0.4, -0.2) is 34.8 Å². The number of hydrogen-bond donors (Lipinski definition) is 0. The average Bonchev–Trinajstić information content (AvgIpc) is 2.87. The standard InChI is InChI=1S/C12H18N2OS/c1-3-14-6-4-5-10(14)7-12-13-11(8-16-12)9(2)15/h8,10H,3-7H2,1-2H3. The minimum Gasteiger partial charge on any atom is -0.300 e. The molecule has 16 heavy (non-hydrogen) atoms. The molecular weight excluding hydrogens is 220 g/mol. The van der Waals surface area contributed by atoms with Gasteiger partial charge in [0.25, 0.3) is 0 Å². The number of thiazole rings is 1. The van der Waals surface area contributed by atoms with Crippen molar-refractivity contribution in [2.24, 2.45) is 0 Å². The lowest BCUT2D eigenvalue weighted by Crippen LogP contribution is -2.30. The summed E-state index contributed by atoms with van der Waals surface area (Å²) in [6.07, 6.45) is 3.57. The van der Waals surface area contributed by atoms with Gasteiger partial charge in [0.1, 0.15) is 5.69 Å². The van der Waals surface area contributed by atoms with E-state index in [0.717, 1.165) is 18.0 Å². The molecule has 1 unspecified atom stereocenters. The lowest BCUT2D eigenvalue weighted by molar-refractivity contribution is 0.101. The van der Waals surface area contributed by atoms with E-state index in [2.05, 4.69) is 16.8 Å². The molecule has 1 fully saturated rings. The van der Waals surface area contributed by atoms with Crippen LogP contribution in [0.4, 0.5) is 0 Å². The van der Waals surface area contributed by atoms with Gasteiger partial charge in [-0.15, -0.1) is 11.3 Å². The zero-order valence-corrected chi connectivity index (χ0v) is 10.7. The molecule has 0 spiro atoms. The molecule has 1 aliphatic heterocycles. The second kappa shape index (κ2) is 5.06. The lowest BCUT2D eigenvalue weighted by atomic mass is 10.1. The van der Waals surface area contributed by atoms with Gasteiger partial charge < -0.3 is 4.90 Å². The molecule has 1 saturated heterocycles. The van der Waals surface area contributed by atoms with Crippen LogP contribution in [0.2, 0.25) is 0 Å². The predicted octanol–water partition coefficient (Wildman–Crippen LogP) is 2.37. The Bertz CT molecular complexity index is 375. The normalized spacial score (nSPS) is 21.5. The quantitative estimate of drug-likeness (QED) is 0.755. The maximum atomic E-state index is 11.2. The molecule has 4 heteroatoms. The van der Waals surface area contributed by atoms with Gasteiger partial charge in [0.15, 0.2) is 5.78 Å². The number of carbonyl (C=O) groups is 1. The van der Waals surface area contributed by atoms with Crippen LogP contribution in [0.3, 0.4) is 0 Å². The molecule has 88 valence electrons. The summed E-state index contributed by atoms with van der Waals surface area (Å²) in [6, 6.07) is 0.635. The zero-order chi connectivity index (χ0) is 11.5. The molecule has 0 amide bonds. The molecule has 0 saturated carbocycles. The second-order valence-electron chi connectivity index (χ2n) is 4.31. The number of Topliss-reactive ketones (excluding diaryl/α,β-unsaturated/α-hetero) is 1. The molecular formula is C12H18N2OS. The number of likely N-dealkylation sites (N-methyl/N-ethyl adjacent to an activating group) is 1. The van der Waals surface area contributed by atoms with Gasteiger partial charge in [0.2, 0.25) is 0 Å². The van der Waals surface area contributed by atoms with Gasteiger partial charge in [-0.05, 0) is 25.9 Å². The van der Waals surface area contributed by atoms with E-state index in [1.54, 1.807) is 18.3 Å². The van der Waals surface area contributed by atoms with Crippen molar-refractivity contribution in [1.82, 2.24) is 9.88 Å². The van der Waals surface area contributed by atoms with E-state index in [9.17, 15) is 4.79 Å². The molecule has 2 rings (SSSR count). The first kappa shape index (κ1) is 11.7. The highest BCUT2D eigenvalue weighted by Crippen LogP contribution is 2.22. The predicted molar refractivity (Wildman–Crippen MR) is 66.1 cm³/mol. The minimum absolute atomic E-state index is 0.0706. The molecule has 3 nitrogen and oxygen atoms in total. The SMILES string of the molecule is CCN1CCCC1Cc1nc(C(C)=O)cs1. The van der Waals surface area contributed by atoms with E-state index < -0.39 is 0 Å². The summed E-state index contributed by atoms with van der Waals surface area (Å²) in [7, 11) is 0. The minimum atomic E-state index is 0.0706. The van der Waals surface area contributed by atoms with E-state index in [1.165, 1.54) is 19.4 Å². The van der Waals surface area contributed by atoms with Crippen LogP contribution in [0.15, 0.2) is 5.38 Å². The number of nitrogens with zero attached hydrogens (tertiary/aromatic N) is 2. The number of likely N-dealkylation sites (tertiary alicyclic amines) is 1. The van der Waals surface area contributed by atoms with Crippen LogP contribution in [0.25, 0.3) is 0 Å². The Morgan fingerprint density at radius 3 is 3.12 bits per heavy atom. The number of ketones is 1. The zero-order valence-electron chi connectivity index (χ0n) is 9.90. The van der Waals surface area contributed by atoms with Gasteiger partial charge in [-0.25, -0.2) is 4.98 Å². The Morgan fingerprint density at radius 2 is 2.50 bits per heavy atom. The first-order valence-corrected chi connectivity index (χ1v) is 6.78. The van der Waals surface area contributed by atoms with Crippen molar-refractivity contribution in [3.8, 4) is 0 Å². The molecule has 0 N–H and O–H groups in total. The van der Waals surface area contributed by atoms with Crippen LogP contribution in [-0.2, 0) is 6.42 Å². The van der Waals surface area contributed by atoms with Crippen molar-refractivity contribution in [3.63, 3.8) is 0 Å². The molecule has 0 radical (unpaired) electrons. The maximum absolute atomic E-state index is 11.2.